The molecule has 0 heterocycles. The Morgan fingerprint density at radius 2 is 2.18 bits per heavy atom. The monoisotopic (exact) mass is 323 g/mol. The van der Waals surface area contributed by atoms with E-state index in [-0.39, 0.29) is 6.04 Å². The molecule has 0 spiro atoms. The summed E-state index contributed by atoms with van der Waals surface area (Å²) in [5.74, 6) is 3.21. The van der Waals surface area contributed by atoms with Crippen LogP contribution in [0.5, 0.6) is 5.75 Å². The van der Waals surface area contributed by atoms with E-state index in [1.54, 1.807) is 0 Å². The van der Waals surface area contributed by atoms with E-state index in [4.69, 9.17) is 4.74 Å². The molecule has 1 aliphatic rings. The van der Waals surface area contributed by atoms with Gasteiger partial charge in [0, 0.05) is 11.4 Å². The largest absolute Gasteiger partial charge is 0.598 e. The van der Waals surface area contributed by atoms with Crippen LogP contribution >= 0.6 is 0 Å². The molecule has 1 N–H and O–H groups in total. The Bertz CT molecular complexity index is 480. The lowest BCUT2D eigenvalue weighted by molar-refractivity contribution is 0.291. The average molecular weight is 324 g/mol. The third-order valence-electron chi connectivity index (χ3n) is 4.43. The fourth-order valence-electron chi connectivity index (χ4n) is 2.47. The number of benzene rings is 1. The van der Waals surface area contributed by atoms with Crippen molar-refractivity contribution >= 4 is 11.4 Å². The fraction of sp³-hybridized carbons (Fsp3) is 0.667. The molecule has 0 amide bonds. The molecular weight excluding hydrogens is 294 g/mol. The van der Waals surface area contributed by atoms with Crippen LogP contribution in [0.2, 0.25) is 0 Å². The van der Waals surface area contributed by atoms with Gasteiger partial charge in [-0.05, 0) is 55.7 Å². The Morgan fingerprint density at radius 1 is 1.45 bits per heavy atom. The first kappa shape index (κ1) is 17.6. The maximum absolute atomic E-state index is 12.0. The molecule has 1 saturated carbocycles. The topological polar surface area (TPSA) is 44.3 Å². The maximum Gasteiger partial charge on any atom is 0.125 e. The molecule has 4 atom stereocenters. The lowest BCUT2D eigenvalue weighted by Crippen LogP contribution is -2.29. The first-order valence-electron chi connectivity index (χ1n) is 8.39. The van der Waals surface area contributed by atoms with Gasteiger partial charge in [-0.15, -0.1) is 4.72 Å². The predicted octanol–water partition coefficient (Wildman–Crippen LogP) is 4.14. The van der Waals surface area contributed by atoms with Gasteiger partial charge in [0.2, 0.25) is 0 Å². The van der Waals surface area contributed by atoms with Gasteiger partial charge in [-0.2, -0.15) is 0 Å². The van der Waals surface area contributed by atoms with E-state index in [9.17, 15) is 4.55 Å². The zero-order valence-electron chi connectivity index (χ0n) is 14.2. The molecular formula is C18H29NO2S. The van der Waals surface area contributed by atoms with Crippen LogP contribution < -0.4 is 9.46 Å². The SMILES string of the molecule is CCCC[S+]([O-])N[C@@H](C)c1ccc(C)c(OCC2C[C@@H]2C)c1. The molecule has 0 radical (unpaired) electrons. The van der Waals surface area contributed by atoms with Gasteiger partial charge in [0.05, 0.1) is 12.6 Å². The van der Waals surface area contributed by atoms with Crippen LogP contribution in [0.1, 0.15) is 57.2 Å². The second-order valence-electron chi connectivity index (χ2n) is 6.55. The molecule has 1 aromatic rings. The van der Waals surface area contributed by atoms with Crippen molar-refractivity contribution < 1.29 is 9.29 Å². The van der Waals surface area contributed by atoms with Crippen LogP contribution in [-0.4, -0.2) is 16.9 Å². The van der Waals surface area contributed by atoms with E-state index in [0.717, 1.165) is 53.9 Å². The number of nitrogens with one attached hydrogen (secondary N) is 1. The predicted molar refractivity (Wildman–Crippen MR) is 93.4 cm³/mol. The molecule has 0 aliphatic heterocycles. The zero-order valence-corrected chi connectivity index (χ0v) is 15.0. The van der Waals surface area contributed by atoms with Gasteiger partial charge < -0.3 is 9.29 Å². The Balaban J connectivity index is 1.92. The second kappa shape index (κ2) is 8.23. The third kappa shape index (κ3) is 5.18. The molecule has 4 heteroatoms. The molecule has 3 nitrogen and oxygen atoms in total. The van der Waals surface area contributed by atoms with Gasteiger partial charge >= 0.3 is 0 Å². The first-order chi connectivity index (χ1) is 10.5. The van der Waals surface area contributed by atoms with E-state index >= 15 is 0 Å². The van der Waals surface area contributed by atoms with Crippen molar-refractivity contribution in [3.63, 3.8) is 0 Å². The number of ether oxygens (including phenoxy) is 1. The summed E-state index contributed by atoms with van der Waals surface area (Å²) in [6, 6.07) is 6.35. The number of rotatable bonds is 9. The summed E-state index contributed by atoms with van der Waals surface area (Å²) in [6.07, 6.45) is 3.35. The Labute approximate surface area is 138 Å². The Hall–Kier alpha value is -0.710. The molecule has 124 valence electrons. The van der Waals surface area contributed by atoms with E-state index < -0.39 is 11.4 Å². The van der Waals surface area contributed by atoms with Crippen LogP contribution in [0, 0.1) is 18.8 Å². The summed E-state index contributed by atoms with van der Waals surface area (Å²) >= 11 is -0.959. The number of hydrogen-bond acceptors (Lipinski definition) is 3. The minimum Gasteiger partial charge on any atom is -0.598 e. The Morgan fingerprint density at radius 3 is 2.82 bits per heavy atom. The average Bonchev–Trinajstić information content (AvgIpc) is 3.19. The quantitative estimate of drug-likeness (QED) is 0.695. The van der Waals surface area contributed by atoms with E-state index in [1.165, 1.54) is 6.42 Å². The molecule has 2 rings (SSSR count). The number of unbranched alkanes of at least 4 members (excludes halogenated alkanes) is 1. The van der Waals surface area contributed by atoms with Crippen molar-refractivity contribution in [3.05, 3.63) is 29.3 Å². The molecule has 22 heavy (non-hydrogen) atoms. The minimum absolute atomic E-state index is 0.0699. The third-order valence-corrected chi connectivity index (χ3v) is 5.71. The van der Waals surface area contributed by atoms with Crippen LogP contribution in [0.15, 0.2) is 18.2 Å². The van der Waals surface area contributed by atoms with Crippen LogP contribution in [0.25, 0.3) is 0 Å². The van der Waals surface area contributed by atoms with Crippen LogP contribution in [-0.2, 0) is 11.4 Å². The van der Waals surface area contributed by atoms with E-state index in [1.807, 2.05) is 0 Å². The first-order valence-corrected chi connectivity index (χ1v) is 9.71. The number of hydrogen-bond donors (Lipinski definition) is 1. The lowest BCUT2D eigenvalue weighted by atomic mass is 10.1. The van der Waals surface area contributed by atoms with Gasteiger partial charge in [-0.3, -0.25) is 0 Å². The molecule has 0 bridgehead atoms. The normalized spacial score (nSPS) is 23.1. The standard InChI is InChI=1S/C18H29NO2S/c1-5-6-9-22(20)19-15(4)16-8-7-13(2)18(11-16)21-12-17-10-14(17)3/h7-8,11,14-15,17,19H,5-6,9-10,12H2,1-4H3/t14-,15-,17?,22?/m0/s1. The molecule has 0 saturated heterocycles. The second-order valence-corrected chi connectivity index (χ2v) is 7.89. The Kier molecular flexibility index (Phi) is 6.60. The zero-order chi connectivity index (χ0) is 16.1. The van der Waals surface area contributed by atoms with Gasteiger partial charge in [-0.1, -0.05) is 32.4 Å². The van der Waals surface area contributed by atoms with Crippen molar-refractivity contribution in [2.75, 3.05) is 12.4 Å². The van der Waals surface area contributed by atoms with Gasteiger partial charge in [0.25, 0.3) is 0 Å². The van der Waals surface area contributed by atoms with Gasteiger partial charge in [-0.25, -0.2) is 0 Å². The molecule has 1 aliphatic carbocycles. The van der Waals surface area contributed by atoms with Crippen molar-refractivity contribution in [2.45, 2.75) is 53.0 Å². The summed E-state index contributed by atoms with van der Waals surface area (Å²) in [5, 5.41) is 0. The minimum atomic E-state index is -0.959. The van der Waals surface area contributed by atoms with Crippen LogP contribution in [0.4, 0.5) is 0 Å². The lowest BCUT2D eigenvalue weighted by Gasteiger charge is -2.18. The van der Waals surface area contributed by atoms with Crippen molar-refractivity contribution in [2.24, 2.45) is 11.8 Å². The highest BCUT2D eigenvalue weighted by atomic mass is 32.2. The summed E-state index contributed by atoms with van der Waals surface area (Å²) < 4.78 is 21.1. The molecule has 1 aromatic carbocycles. The molecule has 2 unspecified atom stereocenters. The van der Waals surface area contributed by atoms with Gasteiger partial charge in [0.1, 0.15) is 11.5 Å². The van der Waals surface area contributed by atoms with E-state index in [0.29, 0.717) is 0 Å². The van der Waals surface area contributed by atoms with E-state index in [2.05, 4.69) is 50.6 Å². The maximum atomic E-state index is 12.0. The van der Waals surface area contributed by atoms with Crippen LogP contribution in [0.3, 0.4) is 0 Å². The summed E-state index contributed by atoms with van der Waals surface area (Å²) in [7, 11) is 0. The highest BCUT2D eigenvalue weighted by molar-refractivity contribution is 7.89. The molecule has 0 aromatic heterocycles. The van der Waals surface area contributed by atoms with Crippen molar-refractivity contribution in [1.82, 2.24) is 4.72 Å². The summed E-state index contributed by atoms with van der Waals surface area (Å²) in [4.78, 5) is 0. The highest BCUT2D eigenvalue weighted by Gasteiger charge is 2.33. The summed E-state index contributed by atoms with van der Waals surface area (Å²) in [5.41, 5.74) is 2.30. The van der Waals surface area contributed by atoms with Crippen molar-refractivity contribution in [1.29, 1.82) is 0 Å². The fourth-order valence-corrected chi connectivity index (χ4v) is 3.67. The van der Waals surface area contributed by atoms with Crippen molar-refractivity contribution in [3.8, 4) is 5.75 Å². The summed E-state index contributed by atoms with van der Waals surface area (Å²) in [6.45, 7) is 9.34. The smallest absolute Gasteiger partial charge is 0.125 e. The molecule has 1 fully saturated rings. The van der Waals surface area contributed by atoms with Gasteiger partial charge in [0.15, 0.2) is 0 Å². The highest BCUT2D eigenvalue weighted by Crippen LogP contribution is 2.38. The number of aryl methyl sites for hydroxylation is 1.